The smallest absolute Gasteiger partial charge is 0.133 e. The van der Waals surface area contributed by atoms with E-state index in [1.54, 1.807) is 6.92 Å². The molecule has 1 aliphatic rings. The molecule has 0 saturated carbocycles. The highest BCUT2D eigenvalue weighted by Crippen LogP contribution is 2.27. The molecule has 0 aromatic heterocycles. The lowest BCUT2D eigenvalue weighted by molar-refractivity contribution is -0.120. The summed E-state index contributed by atoms with van der Waals surface area (Å²) in [6, 6.07) is 6.36. The van der Waals surface area contributed by atoms with Crippen molar-refractivity contribution >= 4 is 5.78 Å². The van der Waals surface area contributed by atoms with E-state index in [0.29, 0.717) is 5.78 Å². The zero-order chi connectivity index (χ0) is 12.3. The number of ketones is 1. The summed E-state index contributed by atoms with van der Waals surface area (Å²) in [5.41, 5.74) is 3.72. The first kappa shape index (κ1) is 11.9. The van der Waals surface area contributed by atoms with E-state index < -0.39 is 0 Å². The van der Waals surface area contributed by atoms with Crippen LogP contribution in [-0.2, 0) is 17.6 Å². The van der Waals surface area contributed by atoms with E-state index in [9.17, 15) is 4.79 Å². The molecular formula is C16H18O. The monoisotopic (exact) mass is 226 g/mol. The molecule has 1 aliphatic carbocycles. The highest BCUT2D eigenvalue weighted by atomic mass is 16.1. The minimum atomic E-state index is 0.198. The fraction of sp³-hybridized carbons (Fsp3) is 0.438. The summed E-state index contributed by atoms with van der Waals surface area (Å²) in [6.45, 7) is 3.83. The van der Waals surface area contributed by atoms with E-state index in [4.69, 9.17) is 0 Å². The first-order valence-electron chi connectivity index (χ1n) is 6.32. The van der Waals surface area contributed by atoms with Crippen molar-refractivity contribution in [3.63, 3.8) is 0 Å². The van der Waals surface area contributed by atoms with Crippen LogP contribution in [0.2, 0.25) is 0 Å². The van der Waals surface area contributed by atoms with Crippen molar-refractivity contribution < 1.29 is 4.79 Å². The Balaban J connectivity index is 2.16. The van der Waals surface area contributed by atoms with Crippen molar-refractivity contribution in [1.82, 2.24) is 0 Å². The molecule has 0 amide bonds. The molecule has 0 aliphatic heterocycles. The summed E-state index contributed by atoms with van der Waals surface area (Å²) in [6.07, 6.45) is 3.86. The lowest BCUT2D eigenvalue weighted by atomic mass is 10.0. The minimum absolute atomic E-state index is 0.198. The van der Waals surface area contributed by atoms with Crippen LogP contribution in [0, 0.1) is 17.8 Å². The van der Waals surface area contributed by atoms with E-state index in [0.717, 1.165) is 31.2 Å². The first-order chi connectivity index (χ1) is 8.20. The van der Waals surface area contributed by atoms with E-state index in [2.05, 4.69) is 37.0 Å². The van der Waals surface area contributed by atoms with Crippen LogP contribution in [0.5, 0.6) is 0 Å². The largest absolute Gasteiger partial charge is 0.300 e. The Bertz CT molecular complexity index is 488. The van der Waals surface area contributed by atoms with Crippen LogP contribution in [0.15, 0.2) is 18.2 Å². The molecule has 0 saturated heterocycles. The van der Waals surface area contributed by atoms with Gasteiger partial charge in [-0.2, -0.15) is 0 Å². The van der Waals surface area contributed by atoms with Gasteiger partial charge in [0.05, 0.1) is 0 Å². The molecular weight excluding hydrogens is 208 g/mol. The van der Waals surface area contributed by atoms with Gasteiger partial charge < -0.3 is 0 Å². The molecule has 1 heteroatoms. The summed E-state index contributed by atoms with van der Waals surface area (Å²) in [7, 11) is 0. The predicted octanol–water partition coefficient (Wildman–Crippen LogP) is 3.14. The van der Waals surface area contributed by atoms with E-state index in [1.807, 2.05) is 0 Å². The van der Waals surface area contributed by atoms with Crippen LogP contribution in [0.1, 0.15) is 43.4 Å². The second-order valence-corrected chi connectivity index (χ2v) is 4.75. The zero-order valence-corrected chi connectivity index (χ0v) is 10.5. The van der Waals surface area contributed by atoms with Crippen molar-refractivity contribution in [3.05, 3.63) is 34.9 Å². The molecule has 1 unspecified atom stereocenters. The van der Waals surface area contributed by atoms with Gasteiger partial charge in [-0.05, 0) is 49.4 Å². The van der Waals surface area contributed by atoms with Crippen LogP contribution < -0.4 is 0 Å². The number of benzene rings is 1. The summed E-state index contributed by atoms with van der Waals surface area (Å²) in [4.78, 5) is 11.4. The summed E-state index contributed by atoms with van der Waals surface area (Å²) in [5.74, 6) is 6.85. The number of unbranched alkanes of at least 4 members (excludes halogenated alkanes) is 1. The molecule has 1 aromatic rings. The van der Waals surface area contributed by atoms with E-state index in [1.165, 1.54) is 11.1 Å². The van der Waals surface area contributed by atoms with Crippen LogP contribution in [0.25, 0.3) is 0 Å². The number of carbonyl (C=O) groups excluding carboxylic acids is 1. The molecule has 0 fully saturated rings. The summed E-state index contributed by atoms with van der Waals surface area (Å²) in [5, 5.41) is 0. The standard InChI is InChI=1S/C16H18O/c1-3-4-5-6-13-7-8-14-10-15(12(2)17)11-16(14)9-13/h7-9,15H,3-4,10-11H2,1-2H3. The Morgan fingerprint density at radius 2 is 2.12 bits per heavy atom. The molecule has 1 atom stereocenters. The van der Waals surface area contributed by atoms with Gasteiger partial charge in [0, 0.05) is 17.9 Å². The Kier molecular flexibility index (Phi) is 3.64. The Labute approximate surface area is 103 Å². The molecule has 0 heterocycles. The predicted molar refractivity (Wildman–Crippen MR) is 69.8 cm³/mol. The van der Waals surface area contributed by atoms with Gasteiger partial charge in [-0.1, -0.05) is 24.8 Å². The van der Waals surface area contributed by atoms with E-state index >= 15 is 0 Å². The fourth-order valence-corrected chi connectivity index (χ4v) is 2.27. The van der Waals surface area contributed by atoms with Crippen molar-refractivity contribution in [1.29, 1.82) is 0 Å². The zero-order valence-electron chi connectivity index (χ0n) is 10.5. The Morgan fingerprint density at radius 1 is 1.35 bits per heavy atom. The average molecular weight is 226 g/mol. The number of hydrogen-bond acceptors (Lipinski definition) is 1. The van der Waals surface area contributed by atoms with Crippen LogP contribution in [-0.4, -0.2) is 5.78 Å². The van der Waals surface area contributed by atoms with Crippen LogP contribution in [0.3, 0.4) is 0 Å². The maximum Gasteiger partial charge on any atom is 0.133 e. The summed E-state index contributed by atoms with van der Waals surface area (Å²) >= 11 is 0. The molecule has 88 valence electrons. The highest BCUT2D eigenvalue weighted by Gasteiger charge is 2.24. The van der Waals surface area contributed by atoms with Gasteiger partial charge in [0.25, 0.3) is 0 Å². The van der Waals surface area contributed by atoms with Crippen LogP contribution in [0.4, 0.5) is 0 Å². The molecule has 1 aromatic carbocycles. The maximum atomic E-state index is 11.4. The quantitative estimate of drug-likeness (QED) is 0.708. The third-order valence-corrected chi connectivity index (χ3v) is 3.32. The van der Waals surface area contributed by atoms with Gasteiger partial charge in [-0.3, -0.25) is 4.79 Å². The van der Waals surface area contributed by atoms with E-state index in [-0.39, 0.29) is 5.92 Å². The maximum absolute atomic E-state index is 11.4. The lowest BCUT2D eigenvalue weighted by Gasteiger charge is -2.00. The number of Topliss-reactive ketones (excluding diaryl/α,β-unsaturated/α-hetero) is 1. The van der Waals surface area contributed by atoms with Crippen molar-refractivity contribution in [2.45, 2.75) is 39.5 Å². The SMILES string of the molecule is CCCC#Cc1ccc2c(c1)CC(C(C)=O)C2. The van der Waals surface area contributed by atoms with Crippen molar-refractivity contribution in [2.75, 3.05) is 0 Å². The second kappa shape index (κ2) is 5.19. The third kappa shape index (κ3) is 2.77. The second-order valence-electron chi connectivity index (χ2n) is 4.75. The van der Waals surface area contributed by atoms with Crippen LogP contribution >= 0.6 is 0 Å². The number of carbonyl (C=O) groups is 1. The Hall–Kier alpha value is -1.55. The van der Waals surface area contributed by atoms with Gasteiger partial charge in [0.1, 0.15) is 5.78 Å². The molecule has 2 rings (SSSR count). The van der Waals surface area contributed by atoms with Gasteiger partial charge in [-0.15, -0.1) is 0 Å². The van der Waals surface area contributed by atoms with Gasteiger partial charge in [0.2, 0.25) is 0 Å². The molecule has 17 heavy (non-hydrogen) atoms. The minimum Gasteiger partial charge on any atom is -0.300 e. The molecule has 0 spiro atoms. The topological polar surface area (TPSA) is 17.1 Å². The molecule has 1 nitrogen and oxygen atoms in total. The first-order valence-corrected chi connectivity index (χ1v) is 6.32. The van der Waals surface area contributed by atoms with Crippen molar-refractivity contribution in [3.8, 4) is 11.8 Å². The lowest BCUT2D eigenvalue weighted by Crippen LogP contribution is -2.09. The number of fused-ring (bicyclic) bond motifs is 1. The van der Waals surface area contributed by atoms with Crippen molar-refractivity contribution in [2.24, 2.45) is 5.92 Å². The molecule has 0 N–H and O–H groups in total. The molecule has 0 bridgehead atoms. The third-order valence-electron chi connectivity index (χ3n) is 3.32. The van der Waals surface area contributed by atoms with Gasteiger partial charge in [-0.25, -0.2) is 0 Å². The Morgan fingerprint density at radius 3 is 2.82 bits per heavy atom. The number of hydrogen-bond donors (Lipinski definition) is 0. The van der Waals surface area contributed by atoms with Gasteiger partial charge in [0.15, 0.2) is 0 Å². The van der Waals surface area contributed by atoms with Gasteiger partial charge >= 0.3 is 0 Å². The number of rotatable bonds is 2. The normalized spacial score (nSPS) is 17.2. The molecule has 0 radical (unpaired) electrons. The summed E-state index contributed by atoms with van der Waals surface area (Å²) < 4.78 is 0. The average Bonchev–Trinajstić information content (AvgIpc) is 2.72. The highest BCUT2D eigenvalue weighted by molar-refractivity contribution is 5.80. The fourth-order valence-electron chi connectivity index (χ4n) is 2.27.